The van der Waals surface area contributed by atoms with Crippen LogP contribution in [0, 0.1) is 0 Å². The fourth-order valence-electron chi connectivity index (χ4n) is 1.81. The number of aromatic nitrogens is 2. The first-order valence-corrected chi connectivity index (χ1v) is 7.19. The van der Waals surface area contributed by atoms with E-state index < -0.39 is 0 Å². The van der Waals surface area contributed by atoms with Crippen molar-refractivity contribution >= 4 is 11.7 Å². The Hall–Kier alpha value is -2.30. The van der Waals surface area contributed by atoms with Crippen molar-refractivity contribution < 1.29 is 9.53 Å². The Morgan fingerprint density at radius 1 is 1.33 bits per heavy atom. The van der Waals surface area contributed by atoms with Gasteiger partial charge in [-0.05, 0) is 36.6 Å². The average molecular weight is 287 g/mol. The monoisotopic (exact) mass is 287 g/mol. The molecule has 0 aliphatic rings. The van der Waals surface area contributed by atoms with E-state index in [1.165, 1.54) is 0 Å². The van der Waals surface area contributed by atoms with Crippen LogP contribution in [0.15, 0.2) is 30.3 Å². The van der Waals surface area contributed by atoms with Crippen LogP contribution in [0.4, 0.5) is 5.82 Å². The number of carbonyl (C=O) groups excluding carboxylic acids is 1. The molecule has 0 radical (unpaired) electrons. The van der Waals surface area contributed by atoms with Gasteiger partial charge in [-0.2, -0.15) is 5.10 Å². The van der Waals surface area contributed by atoms with Gasteiger partial charge in [0.1, 0.15) is 5.75 Å². The van der Waals surface area contributed by atoms with Crippen LogP contribution < -0.4 is 10.1 Å². The highest BCUT2D eigenvalue weighted by molar-refractivity contribution is 6.03. The molecule has 0 bridgehead atoms. The van der Waals surface area contributed by atoms with Crippen LogP contribution in [0.5, 0.6) is 5.75 Å². The molecule has 1 aromatic carbocycles. The summed E-state index contributed by atoms with van der Waals surface area (Å²) < 4.78 is 5.49. The van der Waals surface area contributed by atoms with E-state index in [4.69, 9.17) is 4.74 Å². The minimum absolute atomic E-state index is 0.182. The highest BCUT2D eigenvalue weighted by Crippen LogP contribution is 2.17. The lowest BCUT2D eigenvalue weighted by molar-refractivity contribution is 0.102. The van der Waals surface area contributed by atoms with Gasteiger partial charge < -0.3 is 10.1 Å². The first-order valence-electron chi connectivity index (χ1n) is 7.19. The number of amides is 1. The Bertz CT molecular complexity index is 588. The minimum atomic E-state index is -0.182. The largest absolute Gasteiger partial charge is 0.494 e. The second-order valence-corrected chi connectivity index (χ2v) is 5.19. The zero-order chi connectivity index (χ0) is 15.2. The van der Waals surface area contributed by atoms with Crippen LogP contribution in [-0.4, -0.2) is 22.7 Å². The number of anilines is 1. The molecule has 0 saturated carbocycles. The quantitative estimate of drug-likeness (QED) is 0.853. The molecule has 1 aromatic heterocycles. The number of carbonyl (C=O) groups is 1. The van der Waals surface area contributed by atoms with Gasteiger partial charge in [-0.1, -0.05) is 20.8 Å². The smallest absolute Gasteiger partial charge is 0.256 e. The van der Waals surface area contributed by atoms with Crippen LogP contribution in [0.3, 0.4) is 0 Å². The second-order valence-electron chi connectivity index (χ2n) is 5.19. The molecule has 2 aromatic rings. The number of ether oxygens (including phenoxy) is 1. The highest BCUT2D eigenvalue weighted by atomic mass is 16.5. The SMILES string of the molecule is CCCOc1ccc(C(=O)Nc2cc(C(C)C)[nH]n2)cc1. The van der Waals surface area contributed by atoms with Crippen molar-refractivity contribution in [3.05, 3.63) is 41.6 Å². The van der Waals surface area contributed by atoms with Gasteiger partial charge in [0.15, 0.2) is 5.82 Å². The maximum Gasteiger partial charge on any atom is 0.256 e. The molecule has 5 nitrogen and oxygen atoms in total. The summed E-state index contributed by atoms with van der Waals surface area (Å²) in [5.74, 6) is 1.47. The van der Waals surface area contributed by atoms with Crippen molar-refractivity contribution in [2.24, 2.45) is 0 Å². The highest BCUT2D eigenvalue weighted by Gasteiger charge is 2.10. The third kappa shape index (κ3) is 4.08. The van der Waals surface area contributed by atoms with Crippen LogP contribution in [0.1, 0.15) is 49.2 Å². The molecular formula is C16H21N3O2. The van der Waals surface area contributed by atoms with E-state index >= 15 is 0 Å². The summed E-state index contributed by atoms with van der Waals surface area (Å²) in [6.45, 7) is 6.86. The van der Waals surface area contributed by atoms with E-state index in [0.29, 0.717) is 23.9 Å². The minimum Gasteiger partial charge on any atom is -0.494 e. The standard InChI is InChI=1S/C16H21N3O2/c1-4-9-21-13-7-5-12(6-8-13)16(20)17-15-10-14(11(2)3)18-19-15/h5-8,10-11H,4,9H2,1-3H3,(H2,17,18,19,20). The van der Waals surface area contributed by atoms with E-state index in [1.807, 2.05) is 6.07 Å². The fourth-order valence-corrected chi connectivity index (χ4v) is 1.81. The van der Waals surface area contributed by atoms with Crippen molar-refractivity contribution in [2.45, 2.75) is 33.1 Å². The van der Waals surface area contributed by atoms with Gasteiger partial charge in [-0.15, -0.1) is 0 Å². The van der Waals surface area contributed by atoms with E-state index in [1.54, 1.807) is 24.3 Å². The van der Waals surface area contributed by atoms with E-state index in [0.717, 1.165) is 17.9 Å². The molecule has 1 heterocycles. The Morgan fingerprint density at radius 2 is 2.05 bits per heavy atom. The maximum atomic E-state index is 12.1. The molecule has 0 spiro atoms. The number of aromatic amines is 1. The molecule has 21 heavy (non-hydrogen) atoms. The number of hydrogen-bond donors (Lipinski definition) is 2. The molecule has 1 amide bonds. The van der Waals surface area contributed by atoms with Crippen molar-refractivity contribution in [1.82, 2.24) is 10.2 Å². The molecule has 0 fully saturated rings. The first-order chi connectivity index (χ1) is 10.1. The number of hydrogen-bond acceptors (Lipinski definition) is 3. The third-order valence-electron chi connectivity index (χ3n) is 3.05. The van der Waals surface area contributed by atoms with E-state index in [2.05, 4.69) is 36.3 Å². The zero-order valence-electron chi connectivity index (χ0n) is 12.6. The summed E-state index contributed by atoms with van der Waals surface area (Å²) in [5, 5.41) is 9.76. The molecule has 0 unspecified atom stereocenters. The summed E-state index contributed by atoms with van der Waals surface area (Å²) in [7, 11) is 0. The molecule has 5 heteroatoms. The number of nitrogens with one attached hydrogen (secondary N) is 2. The van der Waals surface area contributed by atoms with Gasteiger partial charge in [0, 0.05) is 17.3 Å². The predicted molar refractivity (Wildman–Crippen MR) is 82.9 cm³/mol. The van der Waals surface area contributed by atoms with E-state index in [-0.39, 0.29) is 5.91 Å². The Kier molecular flexibility index (Phi) is 4.98. The average Bonchev–Trinajstić information content (AvgIpc) is 2.94. The summed E-state index contributed by atoms with van der Waals surface area (Å²) in [6, 6.07) is 8.94. The lowest BCUT2D eigenvalue weighted by Crippen LogP contribution is -2.12. The molecule has 2 rings (SSSR count). The summed E-state index contributed by atoms with van der Waals surface area (Å²) in [6.07, 6.45) is 0.958. The van der Waals surface area contributed by atoms with Crippen molar-refractivity contribution in [1.29, 1.82) is 0 Å². The Balaban J connectivity index is 1.99. The van der Waals surface area contributed by atoms with Gasteiger partial charge in [0.25, 0.3) is 5.91 Å². The third-order valence-corrected chi connectivity index (χ3v) is 3.05. The van der Waals surface area contributed by atoms with Crippen LogP contribution in [0.25, 0.3) is 0 Å². The van der Waals surface area contributed by atoms with Gasteiger partial charge in [-0.3, -0.25) is 9.89 Å². The molecule has 0 aliphatic carbocycles. The van der Waals surface area contributed by atoms with Gasteiger partial charge in [0.05, 0.1) is 6.61 Å². The molecule has 112 valence electrons. The number of benzene rings is 1. The zero-order valence-corrected chi connectivity index (χ0v) is 12.6. The molecule has 0 atom stereocenters. The molecular weight excluding hydrogens is 266 g/mol. The molecule has 0 aliphatic heterocycles. The first kappa shape index (κ1) is 15.1. The molecule has 0 saturated heterocycles. The normalized spacial score (nSPS) is 10.7. The summed E-state index contributed by atoms with van der Waals surface area (Å²) in [5.41, 5.74) is 1.57. The summed E-state index contributed by atoms with van der Waals surface area (Å²) >= 11 is 0. The number of nitrogens with zero attached hydrogens (tertiary/aromatic N) is 1. The van der Waals surface area contributed by atoms with Crippen molar-refractivity contribution in [3.63, 3.8) is 0 Å². The topological polar surface area (TPSA) is 67.0 Å². The van der Waals surface area contributed by atoms with Crippen LogP contribution in [-0.2, 0) is 0 Å². The molecule has 2 N–H and O–H groups in total. The van der Waals surface area contributed by atoms with Crippen LogP contribution >= 0.6 is 0 Å². The number of H-pyrrole nitrogens is 1. The lowest BCUT2D eigenvalue weighted by Gasteiger charge is -2.05. The number of rotatable bonds is 6. The van der Waals surface area contributed by atoms with E-state index in [9.17, 15) is 4.79 Å². The van der Waals surface area contributed by atoms with Crippen LogP contribution in [0.2, 0.25) is 0 Å². The lowest BCUT2D eigenvalue weighted by atomic mass is 10.1. The Labute approximate surface area is 124 Å². The van der Waals surface area contributed by atoms with Gasteiger partial charge in [-0.25, -0.2) is 0 Å². The van der Waals surface area contributed by atoms with Crippen molar-refractivity contribution in [3.8, 4) is 5.75 Å². The van der Waals surface area contributed by atoms with Gasteiger partial charge >= 0.3 is 0 Å². The Morgan fingerprint density at radius 3 is 2.62 bits per heavy atom. The predicted octanol–water partition coefficient (Wildman–Crippen LogP) is 3.57. The maximum absolute atomic E-state index is 12.1. The second kappa shape index (κ2) is 6.92. The summed E-state index contributed by atoms with van der Waals surface area (Å²) in [4.78, 5) is 12.1. The fraction of sp³-hybridized carbons (Fsp3) is 0.375. The van der Waals surface area contributed by atoms with Crippen molar-refractivity contribution in [2.75, 3.05) is 11.9 Å². The van der Waals surface area contributed by atoms with Gasteiger partial charge in [0.2, 0.25) is 0 Å².